The second kappa shape index (κ2) is 5.77. The van der Waals surface area contributed by atoms with Gasteiger partial charge in [0.05, 0.1) is 6.10 Å². The van der Waals surface area contributed by atoms with Crippen LogP contribution < -0.4 is 0 Å². The molecule has 1 saturated heterocycles. The van der Waals surface area contributed by atoms with Gasteiger partial charge in [-0.25, -0.2) is 4.79 Å². The number of nitrogens with zero attached hydrogens (tertiary/aromatic N) is 2. The number of β-amino-alcohol motifs (C(OH)–C–C–N with tert-alkyl or cyclic N) is 1. The molecule has 1 aliphatic heterocycles. The summed E-state index contributed by atoms with van der Waals surface area (Å²) in [5, 5.41) is 18.7. The lowest BCUT2D eigenvalue weighted by molar-refractivity contribution is -0.137. The molecule has 2 N–H and O–H groups in total. The van der Waals surface area contributed by atoms with Crippen LogP contribution in [0.15, 0.2) is 0 Å². The summed E-state index contributed by atoms with van der Waals surface area (Å²) in [6.07, 6.45) is 2.40. The molecule has 2 rings (SSSR count). The van der Waals surface area contributed by atoms with Gasteiger partial charge >= 0.3 is 12.0 Å². The van der Waals surface area contributed by atoms with Crippen LogP contribution in [-0.4, -0.2) is 64.3 Å². The van der Waals surface area contributed by atoms with Gasteiger partial charge in [0.1, 0.15) is 6.54 Å². The van der Waals surface area contributed by atoms with E-state index in [-0.39, 0.29) is 18.5 Å². The quantitative estimate of drug-likeness (QED) is 0.784. The summed E-state index contributed by atoms with van der Waals surface area (Å²) in [6, 6.07) is -0.250. The highest BCUT2D eigenvalue weighted by Gasteiger charge is 2.33. The number of carboxylic acids is 1. The molecule has 6 nitrogen and oxygen atoms in total. The number of rotatable bonds is 4. The van der Waals surface area contributed by atoms with Gasteiger partial charge in [-0.3, -0.25) is 4.79 Å². The van der Waals surface area contributed by atoms with E-state index in [9.17, 15) is 14.7 Å². The minimum atomic E-state index is -0.986. The molecule has 2 atom stereocenters. The lowest BCUT2D eigenvalue weighted by Crippen LogP contribution is -2.52. The van der Waals surface area contributed by atoms with E-state index in [0.717, 1.165) is 19.3 Å². The second-order valence-electron chi connectivity index (χ2n) is 5.78. The summed E-state index contributed by atoms with van der Waals surface area (Å²) < 4.78 is 0. The van der Waals surface area contributed by atoms with E-state index in [2.05, 4.69) is 0 Å². The molecule has 0 aromatic carbocycles. The smallest absolute Gasteiger partial charge is 0.323 e. The van der Waals surface area contributed by atoms with Gasteiger partial charge in [0.15, 0.2) is 0 Å². The van der Waals surface area contributed by atoms with Crippen molar-refractivity contribution in [1.29, 1.82) is 0 Å². The maximum Gasteiger partial charge on any atom is 0.323 e. The first-order chi connectivity index (χ1) is 8.97. The molecule has 1 aliphatic carbocycles. The topological polar surface area (TPSA) is 81.1 Å². The van der Waals surface area contributed by atoms with Gasteiger partial charge < -0.3 is 20.0 Å². The number of carboxylic acid groups (broad SMARTS) is 1. The number of aliphatic carboxylic acids is 1. The molecule has 19 heavy (non-hydrogen) atoms. The Labute approximate surface area is 113 Å². The van der Waals surface area contributed by atoms with Gasteiger partial charge in [-0.2, -0.15) is 0 Å². The molecule has 2 aliphatic rings. The fourth-order valence-corrected chi connectivity index (χ4v) is 2.41. The molecule has 0 aromatic rings. The van der Waals surface area contributed by atoms with Crippen LogP contribution in [0.25, 0.3) is 0 Å². The van der Waals surface area contributed by atoms with Crippen molar-refractivity contribution in [2.45, 2.75) is 32.3 Å². The number of carbonyl (C=O) groups is 2. The predicted molar refractivity (Wildman–Crippen MR) is 68.7 cm³/mol. The van der Waals surface area contributed by atoms with Gasteiger partial charge in [-0.05, 0) is 31.1 Å². The monoisotopic (exact) mass is 270 g/mol. The van der Waals surface area contributed by atoms with Crippen LogP contribution in [0.5, 0.6) is 0 Å². The Balaban J connectivity index is 1.95. The third-order valence-electron chi connectivity index (χ3n) is 3.96. The zero-order valence-electron chi connectivity index (χ0n) is 11.3. The van der Waals surface area contributed by atoms with Gasteiger partial charge in [-0.15, -0.1) is 0 Å². The van der Waals surface area contributed by atoms with Crippen LogP contribution in [0.4, 0.5) is 4.79 Å². The van der Waals surface area contributed by atoms with E-state index in [1.165, 1.54) is 4.90 Å². The Hall–Kier alpha value is -1.30. The maximum atomic E-state index is 12.3. The van der Waals surface area contributed by atoms with Gasteiger partial charge in [-0.1, -0.05) is 6.92 Å². The molecule has 1 saturated carbocycles. The van der Waals surface area contributed by atoms with Gasteiger partial charge in [0.2, 0.25) is 0 Å². The third-order valence-corrected chi connectivity index (χ3v) is 3.96. The fraction of sp³-hybridized carbons (Fsp3) is 0.846. The average Bonchev–Trinajstić information content (AvgIpc) is 3.14. The number of hydrogen-bond donors (Lipinski definition) is 2. The first-order valence-electron chi connectivity index (χ1n) is 6.91. The van der Waals surface area contributed by atoms with Crippen molar-refractivity contribution < 1.29 is 19.8 Å². The van der Waals surface area contributed by atoms with E-state index in [4.69, 9.17) is 5.11 Å². The van der Waals surface area contributed by atoms with Gasteiger partial charge in [0, 0.05) is 19.6 Å². The molecule has 2 unspecified atom stereocenters. The minimum absolute atomic E-state index is 0.195. The molecular formula is C13H22N2O4. The van der Waals surface area contributed by atoms with Crippen molar-refractivity contribution in [3.8, 4) is 0 Å². The molecule has 0 aromatic heterocycles. The summed E-state index contributed by atoms with van der Waals surface area (Å²) in [5.41, 5.74) is 0. The molecule has 0 spiro atoms. The van der Waals surface area contributed by atoms with Crippen molar-refractivity contribution >= 4 is 12.0 Å². The SMILES string of the molecule is CC1CCN(C(=O)N(CC(=O)O)CC2CC2)CC1O. The van der Waals surface area contributed by atoms with E-state index < -0.39 is 12.1 Å². The third kappa shape index (κ3) is 3.83. The summed E-state index contributed by atoms with van der Waals surface area (Å²) in [7, 11) is 0. The van der Waals surface area contributed by atoms with E-state index >= 15 is 0 Å². The number of aliphatic hydroxyl groups is 1. The van der Waals surface area contributed by atoms with E-state index in [1.54, 1.807) is 4.90 Å². The molecule has 2 amide bonds. The molecular weight excluding hydrogens is 248 g/mol. The summed E-state index contributed by atoms with van der Waals surface area (Å²) in [4.78, 5) is 26.2. The molecule has 2 fully saturated rings. The van der Waals surface area contributed by atoms with Crippen molar-refractivity contribution in [2.24, 2.45) is 11.8 Å². The Morgan fingerprint density at radius 2 is 2.00 bits per heavy atom. The number of aliphatic hydroxyl groups excluding tert-OH is 1. The zero-order chi connectivity index (χ0) is 14.0. The molecule has 0 bridgehead atoms. The highest BCUT2D eigenvalue weighted by atomic mass is 16.4. The standard InChI is InChI=1S/C13H22N2O4/c1-9-4-5-14(7-11(9)16)13(19)15(8-12(17)18)6-10-2-3-10/h9-11,16H,2-8H2,1H3,(H,17,18). The van der Waals surface area contributed by atoms with E-state index in [0.29, 0.717) is 25.6 Å². The Morgan fingerprint density at radius 1 is 1.32 bits per heavy atom. The summed E-state index contributed by atoms with van der Waals surface area (Å²) in [5.74, 6) is -0.336. The molecule has 6 heteroatoms. The molecule has 1 heterocycles. The van der Waals surface area contributed by atoms with Gasteiger partial charge in [0.25, 0.3) is 0 Å². The first kappa shape index (κ1) is 14.1. The predicted octanol–water partition coefficient (Wildman–Crippen LogP) is 0.606. The lowest BCUT2D eigenvalue weighted by atomic mass is 9.96. The van der Waals surface area contributed by atoms with Crippen molar-refractivity contribution in [3.63, 3.8) is 0 Å². The maximum absolute atomic E-state index is 12.3. The van der Waals surface area contributed by atoms with Crippen LogP contribution in [0.1, 0.15) is 26.2 Å². The second-order valence-corrected chi connectivity index (χ2v) is 5.78. The summed E-state index contributed by atoms with van der Waals surface area (Å²) in [6.45, 7) is 3.13. The molecule has 0 radical (unpaired) electrons. The Kier molecular flexibility index (Phi) is 4.29. The Bertz CT molecular complexity index is 357. The number of piperidine rings is 1. The van der Waals surface area contributed by atoms with Crippen LogP contribution in [0.3, 0.4) is 0 Å². The number of amides is 2. The fourth-order valence-electron chi connectivity index (χ4n) is 2.41. The van der Waals surface area contributed by atoms with Crippen molar-refractivity contribution in [3.05, 3.63) is 0 Å². The van der Waals surface area contributed by atoms with Crippen LogP contribution in [-0.2, 0) is 4.79 Å². The molecule has 108 valence electrons. The summed E-state index contributed by atoms with van der Waals surface area (Å²) >= 11 is 0. The minimum Gasteiger partial charge on any atom is -0.480 e. The van der Waals surface area contributed by atoms with Crippen LogP contribution in [0.2, 0.25) is 0 Å². The highest BCUT2D eigenvalue weighted by molar-refractivity contribution is 5.80. The average molecular weight is 270 g/mol. The highest BCUT2D eigenvalue weighted by Crippen LogP contribution is 2.30. The lowest BCUT2D eigenvalue weighted by Gasteiger charge is -2.37. The van der Waals surface area contributed by atoms with Crippen molar-refractivity contribution in [1.82, 2.24) is 9.80 Å². The van der Waals surface area contributed by atoms with Crippen LogP contribution >= 0.6 is 0 Å². The first-order valence-corrected chi connectivity index (χ1v) is 6.91. The number of hydrogen-bond acceptors (Lipinski definition) is 3. The van der Waals surface area contributed by atoms with E-state index in [1.807, 2.05) is 6.92 Å². The van der Waals surface area contributed by atoms with Crippen molar-refractivity contribution in [2.75, 3.05) is 26.2 Å². The normalized spacial score (nSPS) is 27.2. The number of carbonyl (C=O) groups excluding carboxylic acids is 1. The van der Waals surface area contributed by atoms with Crippen LogP contribution in [0, 0.1) is 11.8 Å². The number of urea groups is 1. The number of likely N-dealkylation sites (tertiary alicyclic amines) is 1. The largest absolute Gasteiger partial charge is 0.480 e. The zero-order valence-corrected chi connectivity index (χ0v) is 11.3. The Morgan fingerprint density at radius 3 is 2.53 bits per heavy atom.